The van der Waals surface area contributed by atoms with Gasteiger partial charge in [0, 0.05) is 24.4 Å². The number of aliphatic hydroxyl groups is 1. The molecule has 0 heterocycles. The van der Waals surface area contributed by atoms with Crippen LogP contribution in [0.4, 0.5) is 5.69 Å². The first kappa shape index (κ1) is 14.3. The Hall–Kier alpha value is -1.75. The highest BCUT2D eigenvalue weighted by atomic mass is 16.5. The number of aliphatic hydroxyl groups excluding tert-OH is 1. The number of anilines is 1. The molecule has 0 aliphatic carbocycles. The molecule has 1 atom stereocenters. The third-order valence-corrected chi connectivity index (χ3v) is 2.64. The Morgan fingerprint density at radius 1 is 1.56 bits per heavy atom. The smallest absolute Gasteiger partial charge is 0.255 e. The quantitative estimate of drug-likeness (QED) is 0.663. The van der Waals surface area contributed by atoms with Crippen LogP contribution in [0.15, 0.2) is 18.2 Å². The maximum Gasteiger partial charge on any atom is 0.255 e. The van der Waals surface area contributed by atoms with Crippen LogP contribution in [0.3, 0.4) is 0 Å². The molecule has 18 heavy (non-hydrogen) atoms. The van der Waals surface area contributed by atoms with E-state index in [1.54, 1.807) is 18.2 Å². The van der Waals surface area contributed by atoms with Crippen LogP contribution in [0.25, 0.3) is 0 Å². The zero-order valence-corrected chi connectivity index (χ0v) is 10.8. The fourth-order valence-electron chi connectivity index (χ4n) is 1.67. The highest BCUT2D eigenvalue weighted by molar-refractivity contribution is 5.97. The molecule has 0 aliphatic rings. The number of amides is 1. The number of benzene rings is 1. The van der Waals surface area contributed by atoms with Crippen molar-refractivity contribution in [2.24, 2.45) is 0 Å². The third kappa shape index (κ3) is 3.92. The molecule has 0 bridgehead atoms. The first-order chi connectivity index (χ1) is 8.58. The van der Waals surface area contributed by atoms with Crippen LogP contribution in [0.1, 0.15) is 30.1 Å². The Balaban J connectivity index is 2.72. The molecular formula is C13H20N2O3. The largest absolute Gasteiger partial charge is 0.496 e. The molecule has 5 heteroatoms. The van der Waals surface area contributed by atoms with E-state index in [1.165, 1.54) is 7.11 Å². The highest BCUT2D eigenvalue weighted by Crippen LogP contribution is 2.21. The first-order valence-corrected chi connectivity index (χ1v) is 5.93. The van der Waals surface area contributed by atoms with Gasteiger partial charge in [0.15, 0.2) is 0 Å². The van der Waals surface area contributed by atoms with Gasteiger partial charge in [0.05, 0.1) is 12.7 Å². The predicted octanol–water partition coefficient (Wildman–Crippen LogP) is 1.17. The Morgan fingerprint density at radius 2 is 2.28 bits per heavy atom. The van der Waals surface area contributed by atoms with Crippen molar-refractivity contribution < 1.29 is 14.6 Å². The van der Waals surface area contributed by atoms with Gasteiger partial charge >= 0.3 is 0 Å². The lowest BCUT2D eigenvalue weighted by atomic mass is 10.1. The summed E-state index contributed by atoms with van der Waals surface area (Å²) in [5, 5.41) is 11.6. The molecule has 0 fully saturated rings. The summed E-state index contributed by atoms with van der Waals surface area (Å²) < 4.78 is 5.13. The van der Waals surface area contributed by atoms with Gasteiger partial charge < -0.3 is 20.9 Å². The topological polar surface area (TPSA) is 84.6 Å². The summed E-state index contributed by atoms with van der Waals surface area (Å²) in [4.78, 5) is 12.0. The van der Waals surface area contributed by atoms with Gasteiger partial charge in [0.1, 0.15) is 5.75 Å². The minimum Gasteiger partial charge on any atom is -0.496 e. The first-order valence-electron chi connectivity index (χ1n) is 5.93. The van der Waals surface area contributed by atoms with Gasteiger partial charge in [-0.25, -0.2) is 0 Å². The second-order valence-corrected chi connectivity index (χ2v) is 4.20. The van der Waals surface area contributed by atoms with E-state index in [9.17, 15) is 4.79 Å². The van der Waals surface area contributed by atoms with E-state index in [0.717, 1.165) is 6.42 Å². The van der Waals surface area contributed by atoms with Crippen molar-refractivity contribution in [3.63, 3.8) is 0 Å². The molecule has 0 saturated carbocycles. The molecule has 1 unspecified atom stereocenters. The van der Waals surface area contributed by atoms with E-state index in [1.807, 2.05) is 6.92 Å². The van der Waals surface area contributed by atoms with E-state index in [0.29, 0.717) is 23.4 Å². The van der Waals surface area contributed by atoms with E-state index < -0.39 is 0 Å². The van der Waals surface area contributed by atoms with Gasteiger partial charge in [-0.15, -0.1) is 0 Å². The van der Waals surface area contributed by atoms with Crippen LogP contribution in [0, 0.1) is 0 Å². The number of nitrogens with one attached hydrogen (secondary N) is 1. The molecule has 1 aromatic rings. The second-order valence-electron chi connectivity index (χ2n) is 4.20. The zero-order chi connectivity index (χ0) is 13.5. The summed E-state index contributed by atoms with van der Waals surface area (Å²) >= 11 is 0. The number of carbonyl (C=O) groups excluding carboxylic acids is 1. The average molecular weight is 252 g/mol. The monoisotopic (exact) mass is 252 g/mol. The molecule has 5 nitrogen and oxygen atoms in total. The summed E-state index contributed by atoms with van der Waals surface area (Å²) in [6, 6.07) is 4.93. The molecule has 0 saturated heterocycles. The zero-order valence-electron chi connectivity index (χ0n) is 10.8. The number of nitrogens with two attached hydrogens (primary N) is 1. The summed E-state index contributed by atoms with van der Waals surface area (Å²) in [5.41, 5.74) is 6.64. The standard InChI is InChI=1S/C13H20N2O3/c1-9(4-3-7-16)15-13(17)11-6-5-10(14)8-12(11)18-2/h5-6,8-9,16H,3-4,7,14H2,1-2H3,(H,15,17). The van der Waals surface area contributed by atoms with Gasteiger partial charge in [0.25, 0.3) is 5.91 Å². The lowest BCUT2D eigenvalue weighted by molar-refractivity contribution is 0.0933. The number of hydrogen-bond donors (Lipinski definition) is 3. The van der Waals surface area contributed by atoms with Crippen LogP contribution < -0.4 is 15.8 Å². The van der Waals surface area contributed by atoms with Crippen molar-refractivity contribution in [1.29, 1.82) is 0 Å². The van der Waals surface area contributed by atoms with Crippen LogP contribution in [0.5, 0.6) is 5.75 Å². The average Bonchev–Trinajstić information content (AvgIpc) is 2.35. The maximum absolute atomic E-state index is 12.0. The van der Waals surface area contributed by atoms with Gasteiger partial charge in [0.2, 0.25) is 0 Å². The van der Waals surface area contributed by atoms with Crippen molar-refractivity contribution in [3.8, 4) is 5.75 Å². The lowest BCUT2D eigenvalue weighted by Crippen LogP contribution is -2.32. The number of rotatable bonds is 6. The van der Waals surface area contributed by atoms with Gasteiger partial charge in [-0.3, -0.25) is 4.79 Å². The number of hydrogen-bond acceptors (Lipinski definition) is 4. The molecule has 0 aliphatic heterocycles. The summed E-state index contributed by atoms with van der Waals surface area (Å²) in [6.45, 7) is 2.03. The number of carbonyl (C=O) groups is 1. The normalized spacial score (nSPS) is 11.9. The van der Waals surface area contributed by atoms with Gasteiger partial charge in [-0.2, -0.15) is 0 Å². The van der Waals surface area contributed by atoms with E-state index in [4.69, 9.17) is 15.6 Å². The fraction of sp³-hybridized carbons (Fsp3) is 0.462. The van der Waals surface area contributed by atoms with Crippen LogP contribution in [-0.4, -0.2) is 30.8 Å². The van der Waals surface area contributed by atoms with Crippen LogP contribution in [-0.2, 0) is 0 Å². The van der Waals surface area contributed by atoms with Gasteiger partial charge in [-0.1, -0.05) is 0 Å². The Morgan fingerprint density at radius 3 is 2.89 bits per heavy atom. The summed E-state index contributed by atoms with van der Waals surface area (Å²) in [6.07, 6.45) is 1.40. The fourth-order valence-corrected chi connectivity index (χ4v) is 1.67. The molecule has 1 rings (SSSR count). The van der Waals surface area contributed by atoms with Crippen molar-refractivity contribution in [1.82, 2.24) is 5.32 Å². The van der Waals surface area contributed by atoms with E-state index in [-0.39, 0.29) is 18.6 Å². The maximum atomic E-state index is 12.0. The molecule has 100 valence electrons. The highest BCUT2D eigenvalue weighted by Gasteiger charge is 2.14. The van der Waals surface area contributed by atoms with Crippen molar-refractivity contribution >= 4 is 11.6 Å². The molecule has 0 radical (unpaired) electrons. The SMILES string of the molecule is COc1cc(N)ccc1C(=O)NC(C)CCCO. The van der Waals surface area contributed by atoms with Crippen molar-refractivity contribution in [2.75, 3.05) is 19.5 Å². The molecular weight excluding hydrogens is 232 g/mol. The van der Waals surface area contributed by atoms with E-state index >= 15 is 0 Å². The summed E-state index contributed by atoms with van der Waals surface area (Å²) in [5.74, 6) is 0.263. The Labute approximate surface area is 107 Å². The minimum atomic E-state index is -0.197. The van der Waals surface area contributed by atoms with Crippen LogP contribution >= 0.6 is 0 Å². The second kappa shape index (κ2) is 6.86. The van der Waals surface area contributed by atoms with Gasteiger partial charge in [-0.05, 0) is 31.9 Å². The van der Waals surface area contributed by atoms with E-state index in [2.05, 4.69) is 5.32 Å². The predicted molar refractivity (Wildman–Crippen MR) is 70.7 cm³/mol. The molecule has 1 aromatic carbocycles. The Kier molecular flexibility index (Phi) is 5.45. The summed E-state index contributed by atoms with van der Waals surface area (Å²) in [7, 11) is 1.50. The molecule has 0 aromatic heterocycles. The molecule has 0 spiro atoms. The third-order valence-electron chi connectivity index (χ3n) is 2.64. The minimum absolute atomic E-state index is 0.00640. The lowest BCUT2D eigenvalue weighted by Gasteiger charge is -2.15. The van der Waals surface area contributed by atoms with Crippen molar-refractivity contribution in [3.05, 3.63) is 23.8 Å². The number of ether oxygens (including phenoxy) is 1. The number of nitrogen functional groups attached to an aromatic ring is 1. The Bertz CT molecular complexity index is 407. The van der Waals surface area contributed by atoms with Crippen molar-refractivity contribution in [2.45, 2.75) is 25.8 Å². The molecule has 1 amide bonds. The van der Waals surface area contributed by atoms with Crippen LogP contribution in [0.2, 0.25) is 0 Å². The molecule has 4 N–H and O–H groups in total. The number of methoxy groups -OCH3 is 1.